The van der Waals surface area contributed by atoms with E-state index < -0.39 is 5.82 Å². The van der Waals surface area contributed by atoms with E-state index in [0.717, 1.165) is 32.4 Å². The van der Waals surface area contributed by atoms with Crippen LogP contribution < -0.4 is 5.73 Å². The molecule has 0 aliphatic carbocycles. The third kappa shape index (κ3) is 2.63. The molecule has 2 N–H and O–H groups in total. The number of halogens is 1. The van der Waals surface area contributed by atoms with Crippen LogP contribution in [0.3, 0.4) is 0 Å². The zero-order chi connectivity index (χ0) is 13.1. The molecular weight excluding hydrogens is 231 g/mol. The molecule has 4 heteroatoms. The Balaban J connectivity index is 2.08. The molecule has 0 spiro atoms. The van der Waals surface area contributed by atoms with Gasteiger partial charge in [-0.1, -0.05) is 13.3 Å². The molecule has 0 radical (unpaired) electrons. The van der Waals surface area contributed by atoms with Gasteiger partial charge >= 0.3 is 0 Å². The highest BCUT2D eigenvalue weighted by Gasteiger charge is 2.27. The minimum Gasteiger partial charge on any atom is -0.399 e. The molecular formula is C14H19FN2O. The van der Waals surface area contributed by atoms with Crippen molar-refractivity contribution in [2.45, 2.75) is 26.2 Å². The molecule has 1 heterocycles. The van der Waals surface area contributed by atoms with Crippen LogP contribution in [-0.4, -0.2) is 23.9 Å². The lowest BCUT2D eigenvalue weighted by molar-refractivity contribution is 0.0782. The highest BCUT2D eigenvalue weighted by Crippen LogP contribution is 2.23. The van der Waals surface area contributed by atoms with Crippen molar-refractivity contribution < 1.29 is 9.18 Å². The first-order valence-electron chi connectivity index (χ1n) is 6.46. The summed E-state index contributed by atoms with van der Waals surface area (Å²) in [6, 6.07) is 4.24. The first-order valence-corrected chi connectivity index (χ1v) is 6.46. The first-order chi connectivity index (χ1) is 8.61. The van der Waals surface area contributed by atoms with Gasteiger partial charge in [-0.25, -0.2) is 4.39 Å². The molecule has 3 nitrogen and oxygen atoms in total. The van der Waals surface area contributed by atoms with Crippen LogP contribution in [0.2, 0.25) is 0 Å². The van der Waals surface area contributed by atoms with E-state index in [9.17, 15) is 9.18 Å². The van der Waals surface area contributed by atoms with E-state index in [-0.39, 0.29) is 11.5 Å². The maximum Gasteiger partial charge on any atom is 0.256 e. The normalized spacial score (nSPS) is 19.2. The van der Waals surface area contributed by atoms with Crippen LogP contribution in [0.5, 0.6) is 0 Å². The average Bonchev–Trinajstić information content (AvgIpc) is 2.77. The standard InChI is InChI=1S/C14H19FN2O/c1-2-3-10-6-7-17(9-10)14(18)12-5-4-11(16)8-13(12)15/h4-5,8,10H,2-3,6-7,9,16H2,1H3. The molecule has 1 unspecified atom stereocenters. The van der Waals surface area contributed by atoms with E-state index in [1.165, 1.54) is 12.1 Å². The van der Waals surface area contributed by atoms with Gasteiger partial charge in [0.25, 0.3) is 5.91 Å². The van der Waals surface area contributed by atoms with Crippen molar-refractivity contribution in [3.05, 3.63) is 29.6 Å². The SMILES string of the molecule is CCCC1CCN(C(=O)c2ccc(N)cc2F)C1. The molecule has 1 amide bonds. The van der Waals surface area contributed by atoms with E-state index >= 15 is 0 Å². The average molecular weight is 250 g/mol. The molecule has 1 fully saturated rings. The summed E-state index contributed by atoms with van der Waals surface area (Å²) in [7, 11) is 0. The molecule has 1 aromatic carbocycles. The number of nitrogens with two attached hydrogens (primary N) is 1. The van der Waals surface area contributed by atoms with Gasteiger partial charge in [0.15, 0.2) is 0 Å². The second kappa shape index (κ2) is 5.38. The van der Waals surface area contributed by atoms with Crippen LogP contribution in [0.4, 0.5) is 10.1 Å². The Kier molecular flexibility index (Phi) is 3.84. The number of hydrogen-bond donors (Lipinski definition) is 1. The van der Waals surface area contributed by atoms with Crippen LogP contribution in [0.1, 0.15) is 36.5 Å². The lowest BCUT2D eigenvalue weighted by Crippen LogP contribution is -2.29. The number of nitrogen functional groups attached to an aromatic ring is 1. The van der Waals surface area contributed by atoms with Gasteiger partial charge in [0, 0.05) is 18.8 Å². The predicted molar refractivity (Wildman–Crippen MR) is 69.7 cm³/mol. The van der Waals surface area contributed by atoms with E-state index in [4.69, 9.17) is 5.73 Å². The van der Waals surface area contributed by atoms with E-state index in [0.29, 0.717) is 11.6 Å². The summed E-state index contributed by atoms with van der Waals surface area (Å²) in [5.74, 6) is -0.180. The summed E-state index contributed by atoms with van der Waals surface area (Å²) in [5.41, 5.74) is 5.95. The van der Waals surface area contributed by atoms with E-state index in [2.05, 4.69) is 6.92 Å². The van der Waals surface area contributed by atoms with Crippen LogP contribution in [0.25, 0.3) is 0 Å². The fourth-order valence-corrected chi connectivity index (χ4v) is 2.54. The van der Waals surface area contributed by atoms with Crippen molar-refractivity contribution >= 4 is 11.6 Å². The van der Waals surface area contributed by atoms with Crippen molar-refractivity contribution in [1.82, 2.24) is 4.90 Å². The van der Waals surface area contributed by atoms with Gasteiger partial charge in [0.2, 0.25) is 0 Å². The first kappa shape index (κ1) is 12.9. The third-order valence-electron chi connectivity index (χ3n) is 3.49. The monoisotopic (exact) mass is 250 g/mol. The van der Waals surface area contributed by atoms with E-state index in [1.807, 2.05) is 0 Å². The Hall–Kier alpha value is -1.58. The summed E-state index contributed by atoms with van der Waals surface area (Å²) < 4.78 is 13.7. The number of benzene rings is 1. The highest BCUT2D eigenvalue weighted by atomic mass is 19.1. The van der Waals surface area contributed by atoms with Crippen LogP contribution >= 0.6 is 0 Å². The van der Waals surface area contributed by atoms with E-state index in [1.54, 1.807) is 11.0 Å². The molecule has 1 saturated heterocycles. The lowest BCUT2D eigenvalue weighted by atomic mass is 10.0. The zero-order valence-corrected chi connectivity index (χ0v) is 10.7. The minimum atomic E-state index is -0.529. The highest BCUT2D eigenvalue weighted by molar-refractivity contribution is 5.95. The maximum absolute atomic E-state index is 13.7. The number of rotatable bonds is 3. The van der Waals surface area contributed by atoms with Gasteiger partial charge in [-0.2, -0.15) is 0 Å². The van der Waals surface area contributed by atoms with Gasteiger partial charge in [-0.05, 0) is 37.0 Å². The quantitative estimate of drug-likeness (QED) is 0.838. The van der Waals surface area contributed by atoms with Crippen molar-refractivity contribution in [2.75, 3.05) is 18.8 Å². The molecule has 1 aromatic rings. The fraction of sp³-hybridized carbons (Fsp3) is 0.500. The Morgan fingerprint density at radius 2 is 2.33 bits per heavy atom. The second-order valence-corrected chi connectivity index (χ2v) is 4.93. The Bertz CT molecular complexity index is 447. The third-order valence-corrected chi connectivity index (χ3v) is 3.49. The molecule has 1 aliphatic heterocycles. The van der Waals surface area contributed by atoms with Crippen molar-refractivity contribution in [3.8, 4) is 0 Å². The van der Waals surface area contributed by atoms with Gasteiger partial charge in [-0.15, -0.1) is 0 Å². The number of carbonyl (C=O) groups is 1. The van der Waals surface area contributed by atoms with Crippen molar-refractivity contribution in [1.29, 1.82) is 0 Å². The van der Waals surface area contributed by atoms with Crippen molar-refractivity contribution in [3.63, 3.8) is 0 Å². The Morgan fingerprint density at radius 3 is 3.00 bits per heavy atom. The zero-order valence-electron chi connectivity index (χ0n) is 10.7. The molecule has 98 valence electrons. The van der Waals surface area contributed by atoms with Gasteiger partial charge in [-0.3, -0.25) is 4.79 Å². The Labute approximate surface area is 107 Å². The lowest BCUT2D eigenvalue weighted by Gasteiger charge is -2.17. The molecule has 18 heavy (non-hydrogen) atoms. The summed E-state index contributed by atoms with van der Waals surface area (Å²) >= 11 is 0. The number of nitrogens with zero attached hydrogens (tertiary/aromatic N) is 1. The number of carbonyl (C=O) groups excluding carboxylic acids is 1. The molecule has 0 aromatic heterocycles. The molecule has 0 saturated carbocycles. The summed E-state index contributed by atoms with van der Waals surface area (Å²) in [5, 5.41) is 0. The van der Waals surface area contributed by atoms with Gasteiger partial charge < -0.3 is 10.6 Å². The van der Waals surface area contributed by atoms with Crippen LogP contribution in [0, 0.1) is 11.7 Å². The van der Waals surface area contributed by atoms with Crippen LogP contribution in [0.15, 0.2) is 18.2 Å². The fourth-order valence-electron chi connectivity index (χ4n) is 2.54. The molecule has 1 atom stereocenters. The number of anilines is 1. The van der Waals surface area contributed by atoms with Gasteiger partial charge in [0.05, 0.1) is 5.56 Å². The number of amides is 1. The predicted octanol–water partition coefficient (Wildman–Crippen LogP) is 2.67. The molecule has 0 bridgehead atoms. The number of hydrogen-bond acceptors (Lipinski definition) is 2. The van der Waals surface area contributed by atoms with Crippen LogP contribution in [-0.2, 0) is 0 Å². The maximum atomic E-state index is 13.7. The largest absolute Gasteiger partial charge is 0.399 e. The van der Waals surface area contributed by atoms with Gasteiger partial charge in [0.1, 0.15) is 5.82 Å². The molecule has 1 aliphatic rings. The summed E-state index contributed by atoms with van der Waals surface area (Å²) in [6.45, 7) is 3.62. The number of likely N-dealkylation sites (tertiary alicyclic amines) is 1. The minimum absolute atomic E-state index is 0.126. The summed E-state index contributed by atoms with van der Waals surface area (Å²) in [6.07, 6.45) is 3.28. The second-order valence-electron chi connectivity index (χ2n) is 4.93. The topological polar surface area (TPSA) is 46.3 Å². The Morgan fingerprint density at radius 1 is 1.56 bits per heavy atom. The molecule has 2 rings (SSSR count). The van der Waals surface area contributed by atoms with Crippen molar-refractivity contribution in [2.24, 2.45) is 5.92 Å². The summed E-state index contributed by atoms with van der Waals surface area (Å²) in [4.78, 5) is 13.9. The smallest absolute Gasteiger partial charge is 0.256 e.